The Morgan fingerprint density at radius 3 is 2.84 bits per heavy atom. The number of thiophene rings is 1. The molecule has 1 N–H and O–H groups in total. The summed E-state index contributed by atoms with van der Waals surface area (Å²) in [7, 11) is 0. The van der Waals surface area contributed by atoms with Crippen molar-refractivity contribution in [2.45, 2.75) is 19.4 Å². The van der Waals surface area contributed by atoms with E-state index in [4.69, 9.17) is 0 Å². The van der Waals surface area contributed by atoms with E-state index in [9.17, 15) is 14.5 Å². The molecule has 1 aromatic carbocycles. The van der Waals surface area contributed by atoms with E-state index in [1.165, 1.54) is 12.1 Å². The average molecular weight is 280 g/mol. The van der Waals surface area contributed by atoms with Crippen molar-refractivity contribution < 1.29 is 9.31 Å². The zero-order valence-electron chi connectivity index (χ0n) is 10.3. The van der Waals surface area contributed by atoms with Crippen molar-refractivity contribution >= 4 is 22.7 Å². The van der Waals surface area contributed by atoms with Crippen molar-refractivity contribution in [3.8, 4) is 0 Å². The van der Waals surface area contributed by atoms with Gasteiger partial charge in [0, 0.05) is 4.88 Å². The second kappa shape index (κ2) is 5.79. The molecule has 0 aliphatic rings. The molecule has 100 valence electrons. The van der Waals surface area contributed by atoms with Gasteiger partial charge in [0.1, 0.15) is 11.5 Å². The first kappa shape index (κ1) is 13.5. The molecule has 0 saturated carbocycles. The second-order valence-electron chi connectivity index (χ2n) is 4.04. The van der Waals surface area contributed by atoms with Gasteiger partial charge in [-0.05, 0) is 30.0 Å². The van der Waals surface area contributed by atoms with Crippen LogP contribution < -0.4 is 5.32 Å². The number of nitro groups is 1. The van der Waals surface area contributed by atoms with Crippen LogP contribution in [-0.2, 0) is 0 Å². The Morgan fingerprint density at radius 2 is 2.26 bits per heavy atom. The monoisotopic (exact) mass is 280 g/mol. The Bertz CT molecular complexity index is 572. The Hall–Kier alpha value is -1.95. The van der Waals surface area contributed by atoms with E-state index in [-0.39, 0.29) is 11.7 Å². The molecule has 2 rings (SSSR count). The van der Waals surface area contributed by atoms with Gasteiger partial charge in [0.2, 0.25) is 0 Å². The maximum Gasteiger partial charge on any atom is 0.295 e. The third-order valence-electron chi connectivity index (χ3n) is 2.78. The molecule has 19 heavy (non-hydrogen) atoms. The van der Waals surface area contributed by atoms with Crippen LogP contribution in [0.25, 0.3) is 0 Å². The number of anilines is 1. The van der Waals surface area contributed by atoms with Crippen LogP contribution in [0, 0.1) is 15.9 Å². The highest BCUT2D eigenvalue weighted by Gasteiger charge is 2.18. The van der Waals surface area contributed by atoms with Gasteiger partial charge in [-0.1, -0.05) is 13.0 Å². The Labute approximate surface area is 114 Å². The molecule has 1 unspecified atom stereocenters. The minimum atomic E-state index is -0.610. The number of rotatable bonds is 5. The first-order valence-electron chi connectivity index (χ1n) is 5.85. The van der Waals surface area contributed by atoms with Gasteiger partial charge in [-0.3, -0.25) is 10.1 Å². The molecule has 6 heteroatoms. The lowest BCUT2D eigenvalue weighted by Crippen LogP contribution is -2.09. The van der Waals surface area contributed by atoms with Gasteiger partial charge in [-0.2, -0.15) is 0 Å². The van der Waals surface area contributed by atoms with E-state index in [1.54, 1.807) is 11.3 Å². The molecule has 0 fully saturated rings. The lowest BCUT2D eigenvalue weighted by atomic mass is 10.1. The molecule has 2 aromatic rings. The predicted molar refractivity (Wildman–Crippen MR) is 74.0 cm³/mol. The summed E-state index contributed by atoms with van der Waals surface area (Å²) in [5.41, 5.74) is 0.0988. The molecule has 0 amide bonds. The van der Waals surface area contributed by atoms with Crippen LogP contribution in [0.2, 0.25) is 0 Å². The first-order chi connectivity index (χ1) is 9.11. The van der Waals surface area contributed by atoms with Gasteiger partial charge >= 0.3 is 0 Å². The van der Waals surface area contributed by atoms with E-state index in [2.05, 4.69) is 5.32 Å². The number of nitrogens with one attached hydrogen (secondary N) is 1. The quantitative estimate of drug-likeness (QED) is 0.654. The summed E-state index contributed by atoms with van der Waals surface area (Å²) >= 11 is 1.59. The third-order valence-corrected chi connectivity index (χ3v) is 3.77. The van der Waals surface area contributed by atoms with E-state index in [0.717, 1.165) is 17.4 Å². The maximum atomic E-state index is 13.1. The van der Waals surface area contributed by atoms with Crippen LogP contribution in [0.5, 0.6) is 0 Å². The van der Waals surface area contributed by atoms with E-state index >= 15 is 0 Å². The average Bonchev–Trinajstić information content (AvgIpc) is 2.90. The summed E-state index contributed by atoms with van der Waals surface area (Å²) in [6, 6.07) is 7.46. The smallest absolute Gasteiger partial charge is 0.295 e. The molecule has 1 aromatic heterocycles. The fourth-order valence-corrected chi connectivity index (χ4v) is 2.69. The van der Waals surface area contributed by atoms with Crippen molar-refractivity contribution in [2.24, 2.45) is 0 Å². The number of hydrogen-bond acceptors (Lipinski definition) is 4. The summed E-state index contributed by atoms with van der Waals surface area (Å²) in [5, 5.41) is 16.0. The molecular weight excluding hydrogens is 267 g/mol. The molecule has 4 nitrogen and oxygen atoms in total. The SMILES string of the molecule is CCC(Nc1ccc(F)cc1[N+](=O)[O-])c1cccs1. The fraction of sp³-hybridized carbons (Fsp3) is 0.231. The normalized spacial score (nSPS) is 12.1. The Morgan fingerprint density at radius 1 is 1.47 bits per heavy atom. The molecule has 0 radical (unpaired) electrons. The molecule has 1 atom stereocenters. The first-order valence-corrected chi connectivity index (χ1v) is 6.73. The number of benzene rings is 1. The number of halogens is 1. The second-order valence-corrected chi connectivity index (χ2v) is 5.02. The van der Waals surface area contributed by atoms with Crippen LogP contribution in [0.3, 0.4) is 0 Å². The highest BCUT2D eigenvalue weighted by atomic mass is 32.1. The Kier molecular flexibility index (Phi) is 4.11. The van der Waals surface area contributed by atoms with Crippen LogP contribution >= 0.6 is 11.3 Å². The summed E-state index contributed by atoms with van der Waals surface area (Å²) in [4.78, 5) is 11.5. The van der Waals surface area contributed by atoms with Crippen LogP contribution in [0.4, 0.5) is 15.8 Å². The number of nitrogens with zero attached hydrogens (tertiary/aromatic N) is 1. The highest BCUT2D eigenvalue weighted by Crippen LogP contribution is 2.31. The summed E-state index contributed by atoms with van der Waals surface area (Å²) in [6.07, 6.45) is 0.787. The Balaban J connectivity index is 2.29. The van der Waals surface area contributed by atoms with Crippen molar-refractivity contribution in [2.75, 3.05) is 5.32 Å². The minimum Gasteiger partial charge on any atom is -0.372 e. The van der Waals surface area contributed by atoms with Gasteiger partial charge in [0.25, 0.3) is 5.69 Å². The van der Waals surface area contributed by atoms with Crippen LogP contribution in [0.1, 0.15) is 24.3 Å². The van der Waals surface area contributed by atoms with E-state index < -0.39 is 10.7 Å². The lowest BCUT2D eigenvalue weighted by molar-refractivity contribution is -0.384. The highest BCUT2D eigenvalue weighted by molar-refractivity contribution is 7.10. The summed E-state index contributed by atoms with van der Waals surface area (Å²) < 4.78 is 13.1. The fourth-order valence-electron chi connectivity index (χ4n) is 1.83. The zero-order chi connectivity index (χ0) is 13.8. The van der Waals surface area contributed by atoms with Gasteiger partial charge in [-0.25, -0.2) is 4.39 Å². The molecular formula is C13H13FN2O2S. The van der Waals surface area contributed by atoms with Crippen LogP contribution in [0.15, 0.2) is 35.7 Å². The molecule has 0 saturated heterocycles. The molecule has 0 spiro atoms. The molecule has 1 heterocycles. The van der Waals surface area contributed by atoms with Gasteiger partial charge in [0.15, 0.2) is 0 Å². The van der Waals surface area contributed by atoms with Gasteiger partial charge in [-0.15, -0.1) is 11.3 Å². The lowest BCUT2D eigenvalue weighted by Gasteiger charge is -2.16. The van der Waals surface area contributed by atoms with Crippen molar-refractivity contribution in [1.82, 2.24) is 0 Å². The minimum absolute atomic E-state index is 0.0100. The topological polar surface area (TPSA) is 55.2 Å². The van der Waals surface area contributed by atoms with E-state index in [0.29, 0.717) is 5.69 Å². The number of nitro benzene ring substituents is 1. The molecule has 0 bridgehead atoms. The molecule has 0 aliphatic carbocycles. The molecule has 0 aliphatic heterocycles. The maximum absolute atomic E-state index is 13.1. The van der Waals surface area contributed by atoms with Gasteiger partial charge < -0.3 is 5.32 Å². The largest absolute Gasteiger partial charge is 0.372 e. The third kappa shape index (κ3) is 3.08. The van der Waals surface area contributed by atoms with Gasteiger partial charge in [0.05, 0.1) is 17.0 Å². The standard InChI is InChI=1S/C13H13FN2O2S/c1-2-10(13-4-3-7-19-13)15-11-6-5-9(14)8-12(11)16(17)18/h3-8,10,15H,2H2,1H3. The predicted octanol–water partition coefficient (Wildman–Crippen LogP) is 4.36. The van der Waals surface area contributed by atoms with E-state index in [1.807, 2.05) is 24.4 Å². The zero-order valence-corrected chi connectivity index (χ0v) is 11.1. The summed E-state index contributed by atoms with van der Waals surface area (Å²) in [6.45, 7) is 1.99. The summed E-state index contributed by atoms with van der Waals surface area (Å²) in [5.74, 6) is -0.610. The van der Waals surface area contributed by atoms with Crippen LogP contribution in [-0.4, -0.2) is 4.92 Å². The van der Waals surface area contributed by atoms with Crippen molar-refractivity contribution in [1.29, 1.82) is 0 Å². The number of hydrogen-bond donors (Lipinski definition) is 1. The van der Waals surface area contributed by atoms with Crippen molar-refractivity contribution in [3.05, 3.63) is 56.5 Å². The van der Waals surface area contributed by atoms with Crippen molar-refractivity contribution in [3.63, 3.8) is 0 Å².